The maximum atomic E-state index is 10.4. The molecule has 2 aliphatic rings. The number of thioether (sulfide) groups is 1. The highest BCUT2D eigenvalue weighted by Gasteiger charge is 2.30. The van der Waals surface area contributed by atoms with Gasteiger partial charge in [0.2, 0.25) is 5.95 Å². The Morgan fingerprint density at radius 1 is 1.11 bits per heavy atom. The number of aromatic nitrogens is 3. The summed E-state index contributed by atoms with van der Waals surface area (Å²) in [5.41, 5.74) is 3.34. The number of para-hydroxylation sites is 1. The van der Waals surface area contributed by atoms with Crippen molar-refractivity contribution >= 4 is 57.6 Å². The largest absolute Gasteiger partial charge is 0.378 e. The first-order valence-corrected chi connectivity index (χ1v) is 12.5. The third-order valence-electron chi connectivity index (χ3n) is 5.77. The van der Waals surface area contributed by atoms with E-state index < -0.39 is 0 Å². The smallest absolute Gasteiger partial charge is 0.232 e. The first-order valence-electron chi connectivity index (χ1n) is 11.2. The summed E-state index contributed by atoms with van der Waals surface area (Å²) in [7, 11) is 0. The van der Waals surface area contributed by atoms with E-state index in [4.69, 9.17) is 16.3 Å². The Kier molecular flexibility index (Phi) is 8.54. The number of halogens is 2. The van der Waals surface area contributed by atoms with Crippen LogP contribution in [0, 0.1) is 11.3 Å². The van der Waals surface area contributed by atoms with Gasteiger partial charge in [0.15, 0.2) is 5.82 Å². The van der Waals surface area contributed by atoms with Gasteiger partial charge in [-0.15, -0.1) is 33.8 Å². The summed E-state index contributed by atoms with van der Waals surface area (Å²) < 4.78 is 7.49. The molecule has 3 aromatic rings. The molecular weight excluding hydrogens is 560 g/mol. The van der Waals surface area contributed by atoms with Crippen LogP contribution < -0.4 is 4.90 Å². The fraction of sp³-hybridized carbons (Fsp3) is 0.192. The van der Waals surface area contributed by atoms with Gasteiger partial charge < -0.3 is 14.5 Å². The summed E-state index contributed by atoms with van der Waals surface area (Å²) in [6.45, 7) is 7.15. The van der Waals surface area contributed by atoms with Gasteiger partial charge in [-0.25, -0.2) is 0 Å². The average Bonchev–Trinajstić information content (AvgIpc) is 3.52. The van der Waals surface area contributed by atoms with Crippen molar-refractivity contribution in [2.24, 2.45) is 0 Å². The Bertz CT molecular complexity index is 1330. The van der Waals surface area contributed by atoms with Gasteiger partial charge in [0.25, 0.3) is 0 Å². The number of ether oxygens (including phenoxy) is 1. The van der Waals surface area contributed by atoms with E-state index in [0.717, 1.165) is 22.0 Å². The molecule has 1 saturated heterocycles. The lowest BCUT2D eigenvalue weighted by Crippen LogP contribution is -2.38. The zero-order valence-corrected chi connectivity index (χ0v) is 22.7. The number of morpholine rings is 1. The van der Waals surface area contributed by atoms with Crippen molar-refractivity contribution in [2.75, 3.05) is 37.7 Å². The fourth-order valence-corrected chi connectivity index (χ4v) is 5.28. The third-order valence-corrected chi connectivity index (χ3v) is 7.01. The van der Waals surface area contributed by atoms with Gasteiger partial charge in [-0.3, -0.25) is 4.57 Å². The number of anilines is 1. The molecular formula is C26H24BrClN6OS. The molecule has 0 radical (unpaired) electrons. The molecule has 7 nitrogen and oxygen atoms in total. The van der Waals surface area contributed by atoms with E-state index in [-0.39, 0.29) is 17.0 Å². The molecule has 36 heavy (non-hydrogen) atoms. The quantitative estimate of drug-likeness (QED) is 0.270. The molecule has 5 rings (SSSR count). The molecule has 0 N–H and O–H groups in total. The number of nitriles is 1. The van der Waals surface area contributed by atoms with Gasteiger partial charge >= 0.3 is 0 Å². The second kappa shape index (κ2) is 11.8. The molecule has 0 spiro atoms. The first kappa shape index (κ1) is 26.0. The monoisotopic (exact) mass is 582 g/mol. The molecule has 184 valence electrons. The second-order valence-corrected chi connectivity index (χ2v) is 9.21. The molecule has 3 heterocycles. The van der Waals surface area contributed by atoms with Crippen molar-refractivity contribution in [3.05, 3.63) is 94.1 Å². The molecule has 0 unspecified atom stereocenters. The molecule has 0 aliphatic carbocycles. The third kappa shape index (κ3) is 5.08. The molecule has 0 amide bonds. The van der Waals surface area contributed by atoms with E-state index in [2.05, 4.69) is 32.6 Å². The van der Waals surface area contributed by atoms with E-state index in [1.54, 1.807) is 0 Å². The summed E-state index contributed by atoms with van der Waals surface area (Å²) in [4.78, 5) is 4.23. The van der Waals surface area contributed by atoms with Crippen molar-refractivity contribution in [3.8, 4) is 11.8 Å². The number of nitrogens with zero attached hydrogens (tertiary/aromatic N) is 6. The highest BCUT2D eigenvalue weighted by molar-refractivity contribution is 8.93. The van der Waals surface area contributed by atoms with Crippen molar-refractivity contribution in [3.63, 3.8) is 0 Å². The summed E-state index contributed by atoms with van der Waals surface area (Å²) >= 11 is 7.60. The van der Waals surface area contributed by atoms with Crippen LogP contribution in [0.15, 0.2) is 77.7 Å². The molecule has 2 aromatic carbocycles. The van der Waals surface area contributed by atoms with Crippen LogP contribution in [-0.4, -0.2) is 52.5 Å². The maximum Gasteiger partial charge on any atom is 0.232 e. The summed E-state index contributed by atoms with van der Waals surface area (Å²) in [6, 6.07) is 20.0. The molecule has 10 heteroatoms. The van der Waals surface area contributed by atoms with Crippen LogP contribution in [0.25, 0.3) is 17.0 Å². The van der Waals surface area contributed by atoms with Gasteiger partial charge in [-0.1, -0.05) is 59.8 Å². The van der Waals surface area contributed by atoms with Gasteiger partial charge in [0.05, 0.1) is 24.6 Å². The minimum Gasteiger partial charge on any atom is -0.378 e. The van der Waals surface area contributed by atoms with Crippen LogP contribution >= 0.6 is 40.3 Å². The van der Waals surface area contributed by atoms with Gasteiger partial charge in [0, 0.05) is 30.1 Å². The van der Waals surface area contributed by atoms with Crippen LogP contribution in [0.5, 0.6) is 0 Å². The Morgan fingerprint density at radius 3 is 2.50 bits per heavy atom. The summed E-state index contributed by atoms with van der Waals surface area (Å²) in [6.07, 6.45) is 1.83. The number of rotatable bonds is 6. The minimum atomic E-state index is 0. The standard InChI is InChI=1S/C26H23ClN6OS.BrH/c1-2-12-32-23(19-8-10-20(27)11-9-19)18-35-25(32)22(17-28)24-29-30-26(31-13-15-34-16-14-31)33(24)21-6-4-3-5-7-21;/h2-11,18H,1,12-16H2;1H/b25-22-;. The number of allylic oxidation sites excluding steroid dienone is 1. The Labute approximate surface area is 230 Å². The molecule has 1 aromatic heterocycles. The SMILES string of the molecule is Br.C=CCN1C(c2ccc(Cl)cc2)=CS/C1=C(/C#N)c1nnc(N2CCOCC2)n1-c1ccccc1. The Hall–Kier alpha value is -3.03. The highest BCUT2D eigenvalue weighted by atomic mass is 79.9. The number of benzene rings is 2. The van der Waals surface area contributed by atoms with Crippen LogP contribution in [-0.2, 0) is 4.74 Å². The molecule has 0 saturated carbocycles. The van der Waals surface area contributed by atoms with Crippen molar-refractivity contribution in [2.45, 2.75) is 0 Å². The van der Waals surface area contributed by atoms with E-state index in [1.165, 1.54) is 11.8 Å². The molecule has 0 atom stereocenters. The lowest BCUT2D eigenvalue weighted by Gasteiger charge is -2.28. The van der Waals surface area contributed by atoms with E-state index in [9.17, 15) is 5.26 Å². The van der Waals surface area contributed by atoms with E-state index in [1.807, 2.05) is 70.6 Å². The van der Waals surface area contributed by atoms with Gasteiger partial charge in [-0.2, -0.15) is 5.26 Å². The van der Waals surface area contributed by atoms with Gasteiger partial charge in [0.1, 0.15) is 16.7 Å². The van der Waals surface area contributed by atoms with Crippen molar-refractivity contribution in [1.82, 2.24) is 19.7 Å². The molecule has 1 fully saturated rings. The fourth-order valence-electron chi connectivity index (χ4n) is 4.11. The van der Waals surface area contributed by atoms with Crippen molar-refractivity contribution in [1.29, 1.82) is 5.26 Å². The number of hydrogen-bond acceptors (Lipinski definition) is 7. The van der Waals surface area contributed by atoms with Crippen LogP contribution in [0.3, 0.4) is 0 Å². The van der Waals surface area contributed by atoms with Gasteiger partial charge in [-0.05, 0) is 29.8 Å². The zero-order valence-electron chi connectivity index (χ0n) is 19.4. The normalized spacial score (nSPS) is 16.7. The first-order chi connectivity index (χ1) is 17.2. The second-order valence-electron chi connectivity index (χ2n) is 7.91. The predicted octanol–water partition coefficient (Wildman–Crippen LogP) is 5.76. The summed E-state index contributed by atoms with van der Waals surface area (Å²) in [5, 5.41) is 23.0. The highest BCUT2D eigenvalue weighted by Crippen LogP contribution is 2.43. The lowest BCUT2D eigenvalue weighted by atomic mass is 10.1. The summed E-state index contributed by atoms with van der Waals surface area (Å²) in [5.74, 6) is 1.20. The number of hydrogen-bond donors (Lipinski definition) is 0. The molecule has 2 aliphatic heterocycles. The van der Waals surface area contributed by atoms with E-state index >= 15 is 0 Å². The zero-order chi connectivity index (χ0) is 24.2. The van der Waals surface area contributed by atoms with Crippen LogP contribution in [0.4, 0.5) is 5.95 Å². The Morgan fingerprint density at radius 2 is 1.83 bits per heavy atom. The topological polar surface area (TPSA) is 70.2 Å². The maximum absolute atomic E-state index is 10.4. The predicted molar refractivity (Wildman–Crippen MR) is 151 cm³/mol. The van der Waals surface area contributed by atoms with Crippen LogP contribution in [0.1, 0.15) is 11.4 Å². The average molecular weight is 584 g/mol. The van der Waals surface area contributed by atoms with Crippen LogP contribution in [0.2, 0.25) is 5.02 Å². The van der Waals surface area contributed by atoms with E-state index in [0.29, 0.717) is 55.2 Å². The Balaban J connectivity index is 0.00000304. The molecule has 0 bridgehead atoms. The lowest BCUT2D eigenvalue weighted by molar-refractivity contribution is 0.122. The minimum absolute atomic E-state index is 0. The van der Waals surface area contributed by atoms with Crippen molar-refractivity contribution < 1.29 is 4.74 Å².